The summed E-state index contributed by atoms with van der Waals surface area (Å²) < 4.78 is 0. The highest BCUT2D eigenvalue weighted by molar-refractivity contribution is 6.05. The molecular weight excluding hydrogens is 326 g/mol. The summed E-state index contributed by atoms with van der Waals surface area (Å²) in [6.45, 7) is 4.85. The van der Waals surface area contributed by atoms with Crippen LogP contribution in [0.2, 0.25) is 0 Å². The molecule has 0 atom stereocenters. The van der Waals surface area contributed by atoms with Crippen LogP contribution >= 0.6 is 0 Å². The van der Waals surface area contributed by atoms with Crippen molar-refractivity contribution in [1.82, 2.24) is 5.32 Å². The van der Waals surface area contributed by atoms with Crippen molar-refractivity contribution < 1.29 is 9.59 Å². The summed E-state index contributed by atoms with van der Waals surface area (Å²) in [6, 6.07) is 14.6. The molecule has 5 nitrogen and oxygen atoms in total. The van der Waals surface area contributed by atoms with Crippen molar-refractivity contribution >= 4 is 23.2 Å². The largest absolute Gasteiger partial charge is 0.372 e. The number of hydrogen-bond donors (Lipinski definition) is 2. The molecule has 136 valence electrons. The van der Waals surface area contributed by atoms with E-state index in [1.807, 2.05) is 31.2 Å². The number of carbonyl (C=O) groups excluding carboxylic acids is 2. The minimum atomic E-state index is -0.181. The Bertz CT molecular complexity index is 748. The van der Waals surface area contributed by atoms with Crippen LogP contribution < -0.4 is 15.5 Å². The first-order valence-electron chi connectivity index (χ1n) is 9.22. The molecule has 1 heterocycles. The molecule has 0 aromatic heterocycles. The molecule has 1 saturated heterocycles. The molecule has 1 aliphatic heterocycles. The van der Waals surface area contributed by atoms with Crippen LogP contribution in [-0.2, 0) is 0 Å². The minimum Gasteiger partial charge on any atom is -0.372 e. The summed E-state index contributed by atoms with van der Waals surface area (Å²) in [6.07, 6.45) is 3.37. The Morgan fingerprint density at radius 2 is 1.46 bits per heavy atom. The number of nitrogens with one attached hydrogen (secondary N) is 2. The van der Waals surface area contributed by atoms with Crippen molar-refractivity contribution in [3.05, 3.63) is 59.7 Å². The second kappa shape index (κ2) is 8.52. The third-order valence-corrected chi connectivity index (χ3v) is 4.54. The zero-order chi connectivity index (χ0) is 18.4. The van der Waals surface area contributed by atoms with Crippen LogP contribution in [0.4, 0.5) is 11.4 Å². The summed E-state index contributed by atoms with van der Waals surface area (Å²) >= 11 is 0. The van der Waals surface area contributed by atoms with Crippen molar-refractivity contribution in [3.8, 4) is 0 Å². The lowest BCUT2D eigenvalue weighted by Gasteiger charge is -2.17. The number of benzene rings is 2. The molecule has 2 aromatic carbocycles. The van der Waals surface area contributed by atoms with Gasteiger partial charge in [0.2, 0.25) is 0 Å². The minimum absolute atomic E-state index is 0.115. The van der Waals surface area contributed by atoms with Crippen LogP contribution in [0, 0.1) is 0 Å². The zero-order valence-electron chi connectivity index (χ0n) is 15.1. The number of carbonyl (C=O) groups is 2. The SMILES string of the molecule is CCCNC(=O)c1ccc(C(=O)Nc2ccc(N3CCCC3)cc2)cc1. The van der Waals surface area contributed by atoms with E-state index in [2.05, 4.69) is 15.5 Å². The second-order valence-corrected chi connectivity index (χ2v) is 6.53. The highest BCUT2D eigenvalue weighted by Crippen LogP contribution is 2.22. The molecule has 0 unspecified atom stereocenters. The third-order valence-electron chi connectivity index (χ3n) is 4.54. The Morgan fingerprint density at radius 1 is 0.885 bits per heavy atom. The predicted octanol–water partition coefficient (Wildman–Crippen LogP) is 3.68. The number of nitrogens with zero attached hydrogens (tertiary/aromatic N) is 1. The Hall–Kier alpha value is -2.82. The van der Waals surface area contributed by atoms with Gasteiger partial charge in [-0.1, -0.05) is 6.92 Å². The van der Waals surface area contributed by atoms with E-state index in [9.17, 15) is 9.59 Å². The fraction of sp³-hybridized carbons (Fsp3) is 0.333. The number of hydrogen-bond acceptors (Lipinski definition) is 3. The monoisotopic (exact) mass is 351 g/mol. The summed E-state index contributed by atoms with van der Waals surface area (Å²) in [4.78, 5) is 26.6. The van der Waals surface area contributed by atoms with E-state index in [1.165, 1.54) is 18.5 Å². The fourth-order valence-corrected chi connectivity index (χ4v) is 3.05. The molecule has 2 amide bonds. The highest BCUT2D eigenvalue weighted by Gasteiger charge is 2.13. The van der Waals surface area contributed by atoms with E-state index in [0.717, 1.165) is 25.2 Å². The van der Waals surface area contributed by atoms with E-state index in [-0.39, 0.29) is 11.8 Å². The molecule has 0 bridgehead atoms. The fourth-order valence-electron chi connectivity index (χ4n) is 3.05. The maximum absolute atomic E-state index is 12.4. The highest BCUT2D eigenvalue weighted by atomic mass is 16.2. The maximum Gasteiger partial charge on any atom is 0.255 e. The van der Waals surface area contributed by atoms with Crippen molar-refractivity contribution in [2.24, 2.45) is 0 Å². The Balaban J connectivity index is 1.59. The molecule has 3 rings (SSSR count). The van der Waals surface area contributed by atoms with Crippen LogP contribution in [0.5, 0.6) is 0 Å². The van der Waals surface area contributed by atoms with Gasteiger partial charge in [0.05, 0.1) is 0 Å². The van der Waals surface area contributed by atoms with Crippen LogP contribution in [0.25, 0.3) is 0 Å². The van der Waals surface area contributed by atoms with Gasteiger partial charge in [-0.15, -0.1) is 0 Å². The number of rotatable bonds is 6. The van der Waals surface area contributed by atoms with Gasteiger partial charge in [-0.05, 0) is 67.8 Å². The van der Waals surface area contributed by atoms with Gasteiger partial charge in [0.25, 0.3) is 11.8 Å². The Labute approximate surface area is 154 Å². The molecule has 0 radical (unpaired) electrons. The summed E-state index contributed by atoms with van der Waals surface area (Å²) in [5, 5.41) is 5.72. The first kappa shape index (κ1) is 18.0. The molecule has 0 saturated carbocycles. The quantitative estimate of drug-likeness (QED) is 0.834. The van der Waals surface area contributed by atoms with Crippen LogP contribution in [-0.4, -0.2) is 31.4 Å². The molecule has 5 heteroatoms. The van der Waals surface area contributed by atoms with Crippen LogP contribution in [0.3, 0.4) is 0 Å². The van der Waals surface area contributed by atoms with Gasteiger partial charge in [0.15, 0.2) is 0 Å². The van der Waals surface area contributed by atoms with Crippen molar-refractivity contribution in [2.45, 2.75) is 26.2 Å². The van der Waals surface area contributed by atoms with E-state index in [1.54, 1.807) is 24.3 Å². The number of amides is 2. The first-order chi connectivity index (χ1) is 12.7. The molecule has 26 heavy (non-hydrogen) atoms. The smallest absolute Gasteiger partial charge is 0.255 e. The van der Waals surface area contributed by atoms with Gasteiger partial charge in [-0.2, -0.15) is 0 Å². The number of anilines is 2. The van der Waals surface area contributed by atoms with E-state index < -0.39 is 0 Å². The Morgan fingerprint density at radius 3 is 2.04 bits per heavy atom. The van der Waals surface area contributed by atoms with E-state index in [4.69, 9.17) is 0 Å². The average Bonchev–Trinajstić information content (AvgIpc) is 3.21. The summed E-state index contributed by atoms with van der Waals surface area (Å²) in [7, 11) is 0. The van der Waals surface area contributed by atoms with Crippen molar-refractivity contribution in [2.75, 3.05) is 29.9 Å². The lowest BCUT2D eigenvalue weighted by atomic mass is 10.1. The van der Waals surface area contributed by atoms with Gasteiger partial charge in [0.1, 0.15) is 0 Å². The third kappa shape index (κ3) is 4.42. The van der Waals surface area contributed by atoms with E-state index >= 15 is 0 Å². The van der Waals surface area contributed by atoms with Crippen molar-refractivity contribution in [3.63, 3.8) is 0 Å². The average molecular weight is 351 g/mol. The molecular formula is C21H25N3O2. The Kier molecular flexibility index (Phi) is 5.89. The molecule has 2 aromatic rings. The maximum atomic E-state index is 12.4. The van der Waals surface area contributed by atoms with E-state index in [0.29, 0.717) is 17.7 Å². The normalized spacial score (nSPS) is 13.5. The van der Waals surface area contributed by atoms with Gasteiger partial charge in [-0.25, -0.2) is 0 Å². The lowest BCUT2D eigenvalue weighted by molar-refractivity contribution is 0.0951. The molecule has 0 aliphatic carbocycles. The summed E-state index contributed by atoms with van der Waals surface area (Å²) in [5.74, 6) is -0.296. The lowest BCUT2D eigenvalue weighted by Crippen LogP contribution is -2.24. The standard InChI is InChI=1S/C21H25N3O2/c1-2-13-22-20(25)16-5-7-17(8-6-16)21(26)23-18-9-11-19(12-10-18)24-14-3-4-15-24/h5-12H,2-4,13-15H2,1H3,(H,22,25)(H,23,26). The molecule has 2 N–H and O–H groups in total. The van der Waals surface area contributed by atoms with Gasteiger partial charge < -0.3 is 15.5 Å². The zero-order valence-corrected chi connectivity index (χ0v) is 15.1. The van der Waals surface area contributed by atoms with Crippen LogP contribution in [0.1, 0.15) is 46.9 Å². The molecule has 0 spiro atoms. The van der Waals surface area contributed by atoms with Crippen LogP contribution in [0.15, 0.2) is 48.5 Å². The summed E-state index contributed by atoms with van der Waals surface area (Å²) in [5.41, 5.74) is 3.05. The van der Waals surface area contributed by atoms with Gasteiger partial charge >= 0.3 is 0 Å². The predicted molar refractivity (Wildman–Crippen MR) is 105 cm³/mol. The van der Waals surface area contributed by atoms with Gasteiger partial charge in [0, 0.05) is 42.1 Å². The van der Waals surface area contributed by atoms with Gasteiger partial charge in [-0.3, -0.25) is 9.59 Å². The molecule has 1 aliphatic rings. The van der Waals surface area contributed by atoms with Crippen molar-refractivity contribution in [1.29, 1.82) is 0 Å². The first-order valence-corrected chi connectivity index (χ1v) is 9.22. The molecule has 1 fully saturated rings. The topological polar surface area (TPSA) is 61.4 Å². The second-order valence-electron chi connectivity index (χ2n) is 6.53.